The van der Waals surface area contributed by atoms with Crippen molar-refractivity contribution in [3.8, 4) is 22.5 Å². The lowest BCUT2D eigenvalue weighted by atomic mass is 9.81. The first-order chi connectivity index (χ1) is 14.7. The molecule has 2 heterocycles. The fourth-order valence-corrected chi connectivity index (χ4v) is 4.03. The number of aliphatic hydroxyl groups is 1. The van der Waals surface area contributed by atoms with E-state index in [1.54, 1.807) is 12.1 Å². The van der Waals surface area contributed by atoms with Crippen LogP contribution >= 0.6 is 0 Å². The zero-order chi connectivity index (χ0) is 21.0. The molecule has 3 aromatic rings. The zero-order valence-corrected chi connectivity index (χ0v) is 17.1. The molecule has 6 nitrogen and oxygen atoms in total. The zero-order valence-electron chi connectivity index (χ0n) is 17.1. The molecule has 0 radical (unpaired) electrons. The van der Waals surface area contributed by atoms with Gasteiger partial charge in [-0.25, -0.2) is 9.78 Å². The number of esters is 1. The van der Waals surface area contributed by atoms with Gasteiger partial charge in [-0.2, -0.15) is 0 Å². The minimum Gasteiger partial charge on any atom is -0.465 e. The van der Waals surface area contributed by atoms with Crippen molar-refractivity contribution in [1.29, 1.82) is 0 Å². The SMILES string of the molecule is COC(=O)c1ccc(-c2c(-c3ccccc3)ncn2CC2(CO)CCOCC2)cc1. The van der Waals surface area contributed by atoms with Crippen molar-refractivity contribution < 1.29 is 19.4 Å². The Balaban J connectivity index is 1.78. The molecule has 2 aromatic carbocycles. The number of methoxy groups -OCH3 is 1. The van der Waals surface area contributed by atoms with Gasteiger partial charge in [0.05, 0.1) is 37.0 Å². The summed E-state index contributed by atoms with van der Waals surface area (Å²) < 4.78 is 12.5. The lowest BCUT2D eigenvalue weighted by Gasteiger charge is -2.36. The third-order valence-electron chi connectivity index (χ3n) is 5.86. The molecule has 1 N–H and O–H groups in total. The Bertz CT molecular complexity index is 990. The molecule has 1 aliphatic heterocycles. The summed E-state index contributed by atoms with van der Waals surface area (Å²) in [4.78, 5) is 16.6. The van der Waals surface area contributed by atoms with E-state index in [9.17, 15) is 9.90 Å². The summed E-state index contributed by atoms with van der Waals surface area (Å²) in [6.45, 7) is 2.07. The van der Waals surface area contributed by atoms with Crippen LogP contribution in [0.25, 0.3) is 22.5 Å². The summed E-state index contributed by atoms with van der Waals surface area (Å²) in [5.74, 6) is -0.361. The summed E-state index contributed by atoms with van der Waals surface area (Å²) in [6, 6.07) is 17.4. The number of nitrogens with zero attached hydrogens (tertiary/aromatic N) is 2. The van der Waals surface area contributed by atoms with Crippen LogP contribution in [0.4, 0.5) is 0 Å². The van der Waals surface area contributed by atoms with Crippen LogP contribution in [0.3, 0.4) is 0 Å². The molecule has 0 atom stereocenters. The number of carbonyl (C=O) groups is 1. The maximum absolute atomic E-state index is 11.8. The quantitative estimate of drug-likeness (QED) is 0.631. The highest BCUT2D eigenvalue weighted by molar-refractivity contribution is 5.90. The largest absolute Gasteiger partial charge is 0.465 e. The molecule has 156 valence electrons. The minimum atomic E-state index is -0.361. The Morgan fingerprint density at radius 3 is 2.43 bits per heavy atom. The lowest BCUT2D eigenvalue weighted by Crippen LogP contribution is -2.37. The first-order valence-corrected chi connectivity index (χ1v) is 10.1. The standard InChI is InChI=1S/C24H26N2O4/c1-29-23(28)20-9-7-19(8-10-20)22-21(18-5-3-2-4-6-18)25-17-26(22)15-24(16-27)11-13-30-14-12-24/h2-10,17,27H,11-16H2,1H3. The molecule has 1 aromatic heterocycles. The normalized spacial score (nSPS) is 15.7. The molecule has 6 heteroatoms. The topological polar surface area (TPSA) is 73.6 Å². The highest BCUT2D eigenvalue weighted by atomic mass is 16.5. The number of rotatable bonds is 6. The molecule has 1 fully saturated rings. The molecule has 0 spiro atoms. The molecule has 0 bridgehead atoms. The highest BCUT2D eigenvalue weighted by Crippen LogP contribution is 2.37. The van der Waals surface area contributed by atoms with Crippen molar-refractivity contribution in [3.05, 3.63) is 66.5 Å². The average Bonchev–Trinajstić information content (AvgIpc) is 3.23. The van der Waals surface area contributed by atoms with Gasteiger partial charge in [0.25, 0.3) is 0 Å². The van der Waals surface area contributed by atoms with Gasteiger partial charge in [-0.05, 0) is 25.0 Å². The number of carbonyl (C=O) groups excluding carboxylic acids is 1. The fraction of sp³-hybridized carbons (Fsp3) is 0.333. The average molecular weight is 406 g/mol. The van der Waals surface area contributed by atoms with Crippen molar-refractivity contribution in [3.63, 3.8) is 0 Å². The van der Waals surface area contributed by atoms with Gasteiger partial charge in [0.1, 0.15) is 0 Å². The van der Waals surface area contributed by atoms with E-state index in [4.69, 9.17) is 14.5 Å². The maximum atomic E-state index is 11.8. The second-order valence-electron chi connectivity index (χ2n) is 7.78. The summed E-state index contributed by atoms with van der Waals surface area (Å²) in [5, 5.41) is 10.2. The van der Waals surface area contributed by atoms with Gasteiger partial charge in [-0.15, -0.1) is 0 Å². The van der Waals surface area contributed by atoms with Crippen molar-refractivity contribution in [2.75, 3.05) is 26.9 Å². The number of benzene rings is 2. The Morgan fingerprint density at radius 1 is 1.10 bits per heavy atom. The smallest absolute Gasteiger partial charge is 0.337 e. The van der Waals surface area contributed by atoms with Crippen LogP contribution in [0.5, 0.6) is 0 Å². The van der Waals surface area contributed by atoms with Crippen LogP contribution in [-0.2, 0) is 16.0 Å². The number of hydrogen-bond acceptors (Lipinski definition) is 5. The van der Waals surface area contributed by atoms with Gasteiger partial charge in [-0.3, -0.25) is 0 Å². The minimum absolute atomic E-state index is 0.107. The Kier molecular flexibility index (Phi) is 5.97. The summed E-state index contributed by atoms with van der Waals surface area (Å²) in [6.07, 6.45) is 3.46. The molecular formula is C24H26N2O4. The summed E-state index contributed by atoms with van der Waals surface area (Å²) in [5.41, 5.74) is 4.10. The summed E-state index contributed by atoms with van der Waals surface area (Å²) in [7, 11) is 1.38. The second kappa shape index (κ2) is 8.81. The lowest BCUT2D eigenvalue weighted by molar-refractivity contribution is -0.0250. The van der Waals surface area contributed by atoms with Crippen LogP contribution in [0.2, 0.25) is 0 Å². The first kappa shape index (κ1) is 20.3. The van der Waals surface area contributed by atoms with Gasteiger partial charge < -0.3 is 19.1 Å². The fourth-order valence-electron chi connectivity index (χ4n) is 4.03. The van der Waals surface area contributed by atoms with Gasteiger partial charge >= 0.3 is 5.97 Å². The van der Waals surface area contributed by atoms with Crippen LogP contribution in [-0.4, -0.2) is 47.6 Å². The van der Waals surface area contributed by atoms with Crippen LogP contribution in [0, 0.1) is 5.41 Å². The number of hydrogen-bond donors (Lipinski definition) is 1. The molecule has 30 heavy (non-hydrogen) atoms. The number of imidazole rings is 1. The van der Waals surface area contributed by atoms with Gasteiger partial charge in [-0.1, -0.05) is 42.5 Å². The van der Waals surface area contributed by atoms with Crippen LogP contribution < -0.4 is 0 Å². The van der Waals surface area contributed by atoms with Gasteiger partial charge in [0, 0.05) is 36.3 Å². The maximum Gasteiger partial charge on any atom is 0.337 e. The Labute approximate surface area is 176 Å². The van der Waals surface area contributed by atoms with Crippen molar-refractivity contribution in [2.24, 2.45) is 5.41 Å². The molecule has 0 unspecified atom stereocenters. The van der Waals surface area contributed by atoms with Gasteiger partial charge in [0.2, 0.25) is 0 Å². The molecular weight excluding hydrogens is 380 g/mol. The van der Waals surface area contributed by atoms with E-state index in [1.807, 2.05) is 48.8 Å². The third-order valence-corrected chi connectivity index (χ3v) is 5.86. The molecule has 1 saturated heterocycles. The monoisotopic (exact) mass is 406 g/mol. The van der Waals surface area contributed by atoms with Crippen LogP contribution in [0.15, 0.2) is 60.9 Å². The predicted molar refractivity (Wildman–Crippen MR) is 114 cm³/mol. The van der Waals surface area contributed by atoms with Crippen molar-refractivity contribution in [1.82, 2.24) is 9.55 Å². The molecule has 0 amide bonds. The number of ether oxygens (including phenoxy) is 2. The van der Waals surface area contributed by atoms with E-state index >= 15 is 0 Å². The van der Waals surface area contributed by atoms with Crippen molar-refractivity contribution in [2.45, 2.75) is 19.4 Å². The predicted octanol–water partition coefficient (Wildman–Crippen LogP) is 3.79. The molecule has 4 rings (SSSR count). The Morgan fingerprint density at radius 2 is 1.80 bits per heavy atom. The van der Waals surface area contributed by atoms with E-state index in [1.165, 1.54) is 7.11 Å². The molecule has 0 saturated carbocycles. The number of aromatic nitrogens is 2. The molecule has 1 aliphatic rings. The van der Waals surface area contributed by atoms with E-state index in [-0.39, 0.29) is 18.0 Å². The van der Waals surface area contributed by atoms with Crippen LogP contribution in [0.1, 0.15) is 23.2 Å². The van der Waals surface area contributed by atoms with E-state index < -0.39 is 0 Å². The Hall–Kier alpha value is -2.96. The van der Waals surface area contributed by atoms with E-state index in [0.29, 0.717) is 25.3 Å². The van der Waals surface area contributed by atoms with Gasteiger partial charge in [0.15, 0.2) is 0 Å². The van der Waals surface area contributed by atoms with Crippen molar-refractivity contribution >= 4 is 5.97 Å². The van der Waals surface area contributed by atoms with E-state index in [2.05, 4.69) is 4.57 Å². The first-order valence-electron chi connectivity index (χ1n) is 10.1. The molecule has 0 aliphatic carbocycles. The second-order valence-corrected chi connectivity index (χ2v) is 7.78. The summed E-state index contributed by atoms with van der Waals surface area (Å²) >= 11 is 0. The van der Waals surface area contributed by atoms with E-state index in [0.717, 1.165) is 35.4 Å². The number of aliphatic hydroxyl groups excluding tert-OH is 1. The highest BCUT2D eigenvalue weighted by Gasteiger charge is 2.33. The third kappa shape index (κ3) is 4.01.